The van der Waals surface area contributed by atoms with E-state index in [1.807, 2.05) is 35.6 Å². The molecule has 1 atom stereocenters. The normalized spacial score (nSPS) is 17.7. The van der Waals surface area contributed by atoms with Crippen LogP contribution in [0.15, 0.2) is 103 Å². The third-order valence-electron chi connectivity index (χ3n) is 9.98. The van der Waals surface area contributed by atoms with Gasteiger partial charge in [-0.25, -0.2) is 0 Å². The fourth-order valence-corrected chi connectivity index (χ4v) is 8.51. The van der Waals surface area contributed by atoms with Crippen LogP contribution in [-0.2, 0) is 5.41 Å². The van der Waals surface area contributed by atoms with Crippen LogP contribution in [0, 0.1) is 28.6 Å². The molecular formula is C41H31N3S. The summed E-state index contributed by atoms with van der Waals surface area (Å²) in [5.74, 6) is -0.213. The number of para-hydroxylation sites is 1. The molecule has 0 spiro atoms. The van der Waals surface area contributed by atoms with E-state index in [2.05, 4.69) is 117 Å². The van der Waals surface area contributed by atoms with E-state index in [0.29, 0.717) is 12.0 Å². The second-order valence-corrected chi connectivity index (χ2v) is 13.8. The number of rotatable bonds is 3. The molecule has 8 rings (SSSR count). The summed E-state index contributed by atoms with van der Waals surface area (Å²) in [4.78, 5) is 0. The summed E-state index contributed by atoms with van der Waals surface area (Å²) in [6.07, 6.45) is 9.44. The number of thiophene rings is 1. The van der Waals surface area contributed by atoms with Crippen molar-refractivity contribution in [3.8, 4) is 12.1 Å². The molecule has 2 heterocycles. The van der Waals surface area contributed by atoms with Gasteiger partial charge >= 0.3 is 0 Å². The van der Waals surface area contributed by atoms with E-state index in [4.69, 9.17) is 0 Å². The van der Waals surface area contributed by atoms with Crippen LogP contribution in [-0.4, -0.2) is 4.57 Å². The molecule has 0 amide bonds. The van der Waals surface area contributed by atoms with Crippen LogP contribution >= 0.6 is 11.3 Å². The minimum Gasteiger partial charge on any atom is -0.309 e. The zero-order valence-corrected chi connectivity index (χ0v) is 26.6. The first kappa shape index (κ1) is 27.4. The van der Waals surface area contributed by atoms with Gasteiger partial charge in [0.25, 0.3) is 0 Å². The third-order valence-corrected chi connectivity index (χ3v) is 11.1. The van der Waals surface area contributed by atoms with E-state index in [9.17, 15) is 10.5 Å². The predicted molar refractivity (Wildman–Crippen MR) is 190 cm³/mol. The molecule has 2 aromatic heterocycles. The van der Waals surface area contributed by atoms with Gasteiger partial charge in [0.2, 0.25) is 0 Å². The molecule has 0 aliphatic heterocycles. The van der Waals surface area contributed by atoms with E-state index in [1.165, 1.54) is 42.4 Å². The molecular weight excluding hydrogens is 567 g/mol. The number of hydrogen-bond acceptors (Lipinski definition) is 3. The van der Waals surface area contributed by atoms with Gasteiger partial charge in [0, 0.05) is 41.9 Å². The Morgan fingerprint density at radius 3 is 2.49 bits per heavy atom. The maximum Gasteiger partial charge on any atom is 0.0991 e. The average molecular weight is 598 g/mol. The number of nitriles is 2. The van der Waals surface area contributed by atoms with Crippen molar-refractivity contribution in [3.05, 3.63) is 125 Å². The van der Waals surface area contributed by atoms with Gasteiger partial charge in [-0.1, -0.05) is 61.9 Å². The fourth-order valence-electron chi connectivity index (χ4n) is 7.40. The number of benzene rings is 4. The highest BCUT2D eigenvalue weighted by Gasteiger charge is 2.35. The van der Waals surface area contributed by atoms with E-state index >= 15 is 0 Å². The van der Waals surface area contributed by atoms with Crippen LogP contribution in [0.25, 0.3) is 58.8 Å². The van der Waals surface area contributed by atoms with Crippen LogP contribution in [0.3, 0.4) is 0 Å². The van der Waals surface area contributed by atoms with E-state index in [-0.39, 0.29) is 11.3 Å². The molecule has 45 heavy (non-hydrogen) atoms. The molecule has 2 aliphatic rings. The van der Waals surface area contributed by atoms with Crippen LogP contribution < -0.4 is 0 Å². The van der Waals surface area contributed by atoms with Crippen molar-refractivity contribution in [1.82, 2.24) is 4.57 Å². The van der Waals surface area contributed by atoms with Gasteiger partial charge in [-0.2, -0.15) is 10.5 Å². The third kappa shape index (κ3) is 3.93. The summed E-state index contributed by atoms with van der Waals surface area (Å²) in [5, 5.41) is 24.3. The highest BCUT2D eigenvalue weighted by Crippen LogP contribution is 2.50. The maximum atomic E-state index is 10.0. The van der Waals surface area contributed by atoms with Crippen LogP contribution in [0.1, 0.15) is 56.4 Å². The minimum atomic E-state index is -0.213. The van der Waals surface area contributed by atoms with Gasteiger partial charge in [0.15, 0.2) is 0 Å². The number of nitrogens with zero attached hydrogens (tertiary/aromatic N) is 3. The molecule has 4 heteroatoms. The summed E-state index contributed by atoms with van der Waals surface area (Å²) >= 11 is 1.86. The Bertz CT molecular complexity index is 2480. The molecule has 4 aromatic carbocycles. The molecule has 0 saturated heterocycles. The number of fused-ring (bicyclic) bond motifs is 7. The average Bonchev–Trinajstić information content (AvgIpc) is 3.65. The maximum absolute atomic E-state index is 10.0. The van der Waals surface area contributed by atoms with Crippen molar-refractivity contribution < 1.29 is 0 Å². The summed E-state index contributed by atoms with van der Waals surface area (Å²) in [5.41, 5.74) is 11.5. The lowest BCUT2D eigenvalue weighted by molar-refractivity contribution is 0.640. The highest BCUT2D eigenvalue weighted by molar-refractivity contribution is 7.25. The summed E-state index contributed by atoms with van der Waals surface area (Å²) in [6.45, 7) is 9.04. The highest BCUT2D eigenvalue weighted by atomic mass is 32.1. The van der Waals surface area contributed by atoms with Crippen molar-refractivity contribution >= 4 is 70.2 Å². The molecule has 216 valence electrons. The molecule has 0 bridgehead atoms. The van der Waals surface area contributed by atoms with Crippen LogP contribution in [0.4, 0.5) is 0 Å². The first-order chi connectivity index (χ1) is 21.8. The standard InChI is InChI=1S/C41H31N3S/c1-5-8-28-24(2)41(3,4)35-21-40-34(20-31(28)35)33-19-27(13-16-39(33)45-40)29-14-11-26(23-43)18-38(29)44-36-10-7-6-9-30(36)32-17-25(22-42)12-15-37(32)44/h5-10,12-21,26H,11H2,1-4H3/b8-5-. The topological polar surface area (TPSA) is 52.5 Å². The minimum absolute atomic E-state index is 0.0000944. The fraction of sp³-hybridized carbons (Fsp3) is 0.171. The second kappa shape index (κ2) is 9.93. The van der Waals surface area contributed by atoms with Crippen molar-refractivity contribution in [2.24, 2.45) is 5.92 Å². The van der Waals surface area contributed by atoms with E-state index < -0.39 is 0 Å². The van der Waals surface area contributed by atoms with Gasteiger partial charge in [-0.05, 0) is 97.1 Å². The van der Waals surface area contributed by atoms with Gasteiger partial charge in [-0.15, -0.1) is 11.3 Å². The lowest BCUT2D eigenvalue weighted by Gasteiger charge is -2.22. The molecule has 0 N–H and O–H groups in total. The molecule has 1 unspecified atom stereocenters. The Morgan fingerprint density at radius 1 is 0.889 bits per heavy atom. The zero-order valence-electron chi connectivity index (χ0n) is 25.8. The largest absolute Gasteiger partial charge is 0.309 e. The molecule has 6 aromatic rings. The second-order valence-electron chi connectivity index (χ2n) is 12.7. The lowest BCUT2D eigenvalue weighted by Crippen LogP contribution is -2.15. The first-order valence-electron chi connectivity index (χ1n) is 15.4. The first-order valence-corrected chi connectivity index (χ1v) is 16.3. The lowest BCUT2D eigenvalue weighted by atomic mass is 9.82. The van der Waals surface area contributed by atoms with Crippen molar-refractivity contribution in [3.63, 3.8) is 0 Å². The van der Waals surface area contributed by atoms with Crippen molar-refractivity contribution in [2.75, 3.05) is 0 Å². The Kier molecular flexibility index (Phi) is 6.04. The monoisotopic (exact) mass is 597 g/mol. The molecule has 3 nitrogen and oxygen atoms in total. The number of hydrogen-bond donors (Lipinski definition) is 0. The molecule has 0 saturated carbocycles. The van der Waals surface area contributed by atoms with Crippen LogP contribution in [0.5, 0.6) is 0 Å². The predicted octanol–water partition coefficient (Wildman–Crippen LogP) is 11.1. The SMILES string of the molecule is C/C=C\C1=C(C)C(C)(C)c2cc3sc4ccc(C5=CCC(C#N)C=C5n5c6ccccc6c6cc(C#N)ccc65)cc4c3cc21. The summed E-state index contributed by atoms with van der Waals surface area (Å²) < 4.78 is 4.88. The Hall–Kier alpha value is -5.16. The Balaban J connectivity index is 1.34. The Morgan fingerprint density at radius 2 is 1.69 bits per heavy atom. The smallest absolute Gasteiger partial charge is 0.0991 e. The molecule has 2 aliphatic carbocycles. The summed E-state index contributed by atoms with van der Waals surface area (Å²) in [7, 11) is 0. The van der Waals surface area contributed by atoms with Crippen LogP contribution in [0.2, 0.25) is 0 Å². The van der Waals surface area contributed by atoms with Gasteiger partial charge in [0.05, 0.1) is 40.4 Å². The molecule has 0 fully saturated rings. The quantitative estimate of drug-likeness (QED) is 0.204. The van der Waals surface area contributed by atoms with Gasteiger partial charge in [0.1, 0.15) is 0 Å². The van der Waals surface area contributed by atoms with Gasteiger partial charge < -0.3 is 4.57 Å². The van der Waals surface area contributed by atoms with Crippen molar-refractivity contribution in [1.29, 1.82) is 10.5 Å². The van der Waals surface area contributed by atoms with Crippen molar-refractivity contribution in [2.45, 2.75) is 39.5 Å². The zero-order chi connectivity index (χ0) is 31.0. The number of allylic oxidation sites excluding steroid dienone is 8. The van der Waals surface area contributed by atoms with Gasteiger partial charge in [-0.3, -0.25) is 0 Å². The number of aromatic nitrogens is 1. The van der Waals surface area contributed by atoms with E-state index in [0.717, 1.165) is 38.6 Å². The molecule has 0 radical (unpaired) electrons. The Labute approximate surface area is 266 Å². The summed E-state index contributed by atoms with van der Waals surface area (Å²) in [6, 6.07) is 30.7. The van der Waals surface area contributed by atoms with E-state index in [1.54, 1.807) is 0 Å².